The summed E-state index contributed by atoms with van der Waals surface area (Å²) in [6.45, 7) is 7.90. The summed E-state index contributed by atoms with van der Waals surface area (Å²) in [7, 11) is 0. The van der Waals surface area contributed by atoms with Crippen LogP contribution in [0.3, 0.4) is 0 Å². The van der Waals surface area contributed by atoms with E-state index in [2.05, 4.69) is 62.5 Å². The molecule has 2 rings (SSSR count). The van der Waals surface area contributed by atoms with Gasteiger partial charge in [0, 0.05) is 37.9 Å². The molecule has 1 aliphatic rings. The lowest BCUT2D eigenvalue weighted by Gasteiger charge is -2.31. The second kappa shape index (κ2) is 36.6. The SMILES string of the molecule is CCCN(CC(=O)O)C(=O)[C@@H](NC(=O)[C@H](CCCN=C(N)N)NC(=O)CNC(=O)[C@@H](NC(=O)[C@@H](NC(=O)[C@H](Cc1cnc[nH]1)NC(=O)[C@H](CC1CCCCC1)NC(=O)[C@H](C)NC(=O)[C@@H](N)CCCN=C(N)N)[C@@H](C)O)[C@@H](C)O)C(C)CC. The summed E-state index contributed by atoms with van der Waals surface area (Å²) in [5, 5.41) is 51.1. The number of carbonyl (C=O) groups is 10. The van der Waals surface area contributed by atoms with E-state index in [9.17, 15) is 63.3 Å². The number of hydrogen-bond acceptors (Lipinski definition) is 16. The molecular weight excluding hydrogens is 1070 g/mol. The predicted molar refractivity (Wildman–Crippen MR) is 301 cm³/mol. The number of aliphatic carboxylic acids is 1. The van der Waals surface area contributed by atoms with Crippen LogP contribution in [0, 0.1) is 11.8 Å². The smallest absolute Gasteiger partial charge is 0.323 e. The molecule has 31 nitrogen and oxygen atoms in total. The van der Waals surface area contributed by atoms with Crippen LogP contribution in [0.1, 0.15) is 124 Å². The molecule has 11 atom stereocenters. The number of amides is 9. The van der Waals surface area contributed by atoms with Gasteiger partial charge in [0.2, 0.25) is 53.2 Å². The number of aromatic amines is 1. The van der Waals surface area contributed by atoms with E-state index in [1.54, 1.807) is 20.8 Å². The van der Waals surface area contributed by atoms with Crippen LogP contribution in [0.25, 0.3) is 0 Å². The van der Waals surface area contributed by atoms with E-state index >= 15 is 0 Å². The molecule has 1 aromatic rings. The van der Waals surface area contributed by atoms with E-state index in [0.29, 0.717) is 25.0 Å². The quantitative estimate of drug-likeness (QED) is 0.0169. The molecule has 0 aromatic carbocycles. The number of aliphatic hydroxyl groups is 2. The number of hydrogen-bond donors (Lipinski definition) is 17. The van der Waals surface area contributed by atoms with Crippen molar-refractivity contribution in [3.63, 3.8) is 0 Å². The third-order valence-corrected chi connectivity index (χ3v) is 13.6. The molecule has 1 unspecified atom stereocenters. The van der Waals surface area contributed by atoms with E-state index in [1.807, 2.05) is 0 Å². The fraction of sp³-hybridized carbons (Fsp3) is 0.706. The average molecular weight is 1160 g/mol. The molecule has 1 aliphatic carbocycles. The van der Waals surface area contributed by atoms with E-state index in [1.165, 1.54) is 19.4 Å². The molecule has 1 aromatic heterocycles. The number of imidazole rings is 1. The highest BCUT2D eigenvalue weighted by molar-refractivity contribution is 5.98. The van der Waals surface area contributed by atoms with Crippen LogP contribution in [0.5, 0.6) is 0 Å². The maximum Gasteiger partial charge on any atom is 0.323 e. The first kappa shape index (κ1) is 70.4. The first-order valence-corrected chi connectivity index (χ1v) is 27.8. The van der Waals surface area contributed by atoms with Gasteiger partial charge in [0.1, 0.15) is 48.8 Å². The highest BCUT2D eigenvalue weighted by Crippen LogP contribution is 2.27. The van der Waals surface area contributed by atoms with Gasteiger partial charge in [0.15, 0.2) is 11.9 Å². The zero-order chi connectivity index (χ0) is 61.6. The van der Waals surface area contributed by atoms with Gasteiger partial charge in [0.05, 0.1) is 31.1 Å². The summed E-state index contributed by atoms with van der Waals surface area (Å²) < 4.78 is 0. The number of aromatic nitrogens is 2. The number of carboxylic acids is 1. The van der Waals surface area contributed by atoms with Crippen LogP contribution < -0.4 is 71.2 Å². The third kappa shape index (κ3) is 25.8. The van der Waals surface area contributed by atoms with Crippen molar-refractivity contribution in [1.82, 2.24) is 57.4 Å². The summed E-state index contributed by atoms with van der Waals surface area (Å²) in [4.78, 5) is 151. The number of carboxylic acid groups (broad SMARTS) is 1. The molecule has 0 aliphatic heterocycles. The second-order valence-electron chi connectivity index (χ2n) is 20.7. The molecule has 31 heteroatoms. The zero-order valence-corrected chi connectivity index (χ0v) is 47.9. The summed E-state index contributed by atoms with van der Waals surface area (Å²) >= 11 is 0. The Morgan fingerprint density at radius 3 is 1.78 bits per heavy atom. The number of aliphatic hydroxyl groups excluding tert-OH is 2. The Morgan fingerprint density at radius 1 is 0.683 bits per heavy atom. The van der Waals surface area contributed by atoms with Crippen LogP contribution in [0.4, 0.5) is 0 Å². The number of rotatable bonds is 37. The summed E-state index contributed by atoms with van der Waals surface area (Å²) in [5.41, 5.74) is 28.0. The topological polar surface area (TPSA) is 514 Å². The Balaban J connectivity index is 2.30. The van der Waals surface area contributed by atoms with Crippen molar-refractivity contribution in [2.24, 2.45) is 50.5 Å². The first-order chi connectivity index (χ1) is 38.7. The van der Waals surface area contributed by atoms with Crippen molar-refractivity contribution in [2.75, 3.05) is 32.7 Å². The van der Waals surface area contributed by atoms with Crippen molar-refractivity contribution in [1.29, 1.82) is 0 Å². The summed E-state index contributed by atoms with van der Waals surface area (Å²) in [5.74, 6) is -9.81. The van der Waals surface area contributed by atoms with Gasteiger partial charge < -0.3 is 96.4 Å². The van der Waals surface area contributed by atoms with Crippen LogP contribution in [0.15, 0.2) is 22.5 Å². The molecule has 9 amide bonds. The van der Waals surface area contributed by atoms with Crippen molar-refractivity contribution in [2.45, 2.75) is 186 Å². The highest BCUT2D eigenvalue weighted by atomic mass is 16.4. The number of nitrogens with two attached hydrogens (primary N) is 5. The fourth-order valence-corrected chi connectivity index (χ4v) is 8.86. The van der Waals surface area contributed by atoms with E-state index in [0.717, 1.165) is 50.9 Å². The molecule has 0 bridgehead atoms. The molecular formula is C51H90N18O13. The van der Waals surface area contributed by atoms with E-state index < -0.39 is 139 Å². The Kier molecular flexibility index (Phi) is 31.5. The number of nitrogens with zero attached hydrogens (tertiary/aromatic N) is 4. The van der Waals surface area contributed by atoms with Crippen molar-refractivity contribution in [3.8, 4) is 0 Å². The monoisotopic (exact) mass is 1160 g/mol. The fourth-order valence-electron chi connectivity index (χ4n) is 8.86. The largest absolute Gasteiger partial charge is 0.480 e. The van der Waals surface area contributed by atoms with Gasteiger partial charge in [-0.25, -0.2) is 4.98 Å². The number of carbonyl (C=O) groups excluding carboxylic acids is 9. The Bertz CT molecular complexity index is 2310. The van der Waals surface area contributed by atoms with Gasteiger partial charge in [0.25, 0.3) is 0 Å². The molecule has 1 saturated carbocycles. The standard InChI is InChI=1S/C51H90N18O13/c1-7-20-69(25-38(73)74)49(82)39(27(3)8-2)66-44(77)34(17-13-19-59-51(55)56)63-37(72)24-60-47(80)40(29(5)70)68-48(81)41(30(6)71)67-46(79)36(22-32-23-57-26-61-32)65-45(78)35(21-31-14-10-9-11-15-31)64-42(75)28(4)62-43(76)33(52)16-12-18-58-50(53)54/h23,26-31,33-36,39-41,70-71H,7-22,24-25,52H2,1-6H3,(H,57,61)(H,60,80)(H,62,76)(H,63,72)(H,64,75)(H,65,78)(H,66,77)(H,67,79)(H,68,81)(H,73,74)(H4,53,54,58)(H4,55,56,59)/t27?,28-,29+,30+,33-,34-,35-,36-,39-,40-,41-/m0/s1. The van der Waals surface area contributed by atoms with E-state index in [4.69, 9.17) is 28.7 Å². The van der Waals surface area contributed by atoms with Crippen LogP contribution in [-0.4, -0.2) is 195 Å². The maximum absolute atomic E-state index is 14.3. The normalized spacial score (nSPS) is 16.4. The Labute approximate surface area is 477 Å². The van der Waals surface area contributed by atoms with Crippen LogP contribution in [0.2, 0.25) is 0 Å². The molecule has 82 heavy (non-hydrogen) atoms. The lowest BCUT2D eigenvalue weighted by molar-refractivity contribution is -0.146. The Morgan fingerprint density at radius 2 is 1.23 bits per heavy atom. The molecule has 0 saturated heterocycles. The lowest BCUT2D eigenvalue weighted by Crippen LogP contribution is -2.62. The number of H-pyrrole nitrogens is 1. The summed E-state index contributed by atoms with van der Waals surface area (Å²) in [6.07, 6.45) is 5.22. The minimum atomic E-state index is -1.83. The minimum Gasteiger partial charge on any atom is -0.480 e. The van der Waals surface area contributed by atoms with Crippen LogP contribution in [-0.2, 0) is 54.4 Å². The van der Waals surface area contributed by atoms with E-state index in [-0.39, 0.29) is 69.6 Å². The lowest BCUT2D eigenvalue weighted by atomic mass is 9.84. The van der Waals surface area contributed by atoms with Gasteiger partial charge in [-0.15, -0.1) is 0 Å². The van der Waals surface area contributed by atoms with Gasteiger partial charge in [-0.1, -0.05) is 59.3 Å². The molecule has 0 radical (unpaired) electrons. The Hall–Kier alpha value is -7.67. The van der Waals surface area contributed by atoms with Crippen molar-refractivity contribution in [3.05, 3.63) is 18.2 Å². The van der Waals surface area contributed by atoms with Gasteiger partial charge >= 0.3 is 5.97 Å². The van der Waals surface area contributed by atoms with Gasteiger partial charge in [-0.3, -0.25) is 57.9 Å². The number of nitrogens with one attached hydrogen (secondary N) is 9. The summed E-state index contributed by atoms with van der Waals surface area (Å²) in [6, 6.07) is -11.0. The minimum absolute atomic E-state index is 0.0169. The second-order valence-corrected chi connectivity index (χ2v) is 20.7. The zero-order valence-electron chi connectivity index (χ0n) is 47.9. The molecule has 1 fully saturated rings. The van der Waals surface area contributed by atoms with Gasteiger partial charge in [-0.05, 0) is 71.1 Å². The maximum atomic E-state index is 14.3. The molecule has 22 N–H and O–H groups in total. The van der Waals surface area contributed by atoms with Crippen molar-refractivity contribution < 1.29 is 63.3 Å². The predicted octanol–water partition coefficient (Wildman–Crippen LogP) is -4.98. The highest BCUT2D eigenvalue weighted by Gasteiger charge is 2.37. The van der Waals surface area contributed by atoms with Crippen LogP contribution >= 0.6 is 0 Å². The molecule has 1 heterocycles. The first-order valence-electron chi connectivity index (χ1n) is 27.8. The average Bonchev–Trinajstić information content (AvgIpc) is 3.96. The van der Waals surface area contributed by atoms with Gasteiger partial charge in [-0.2, -0.15) is 0 Å². The molecule has 462 valence electrons. The number of guanidine groups is 2. The third-order valence-electron chi connectivity index (χ3n) is 13.6. The van der Waals surface area contributed by atoms with Crippen molar-refractivity contribution >= 4 is 71.1 Å². The molecule has 0 spiro atoms. The number of aliphatic imine (C=N–C) groups is 2.